The first kappa shape index (κ1) is 22.6. The number of hydrazone groups is 1. The van der Waals surface area contributed by atoms with Gasteiger partial charge in [0.05, 0.1) is 15.4 Å². The molecule has 2 aromatic rings. The standard InChI is InChI=1S/C18H19N7O6S/c1-23(18(27)12-6-8-13(9-7-12)32(2,30)31)16-14(4-3-5-15(16)25(28)29)17(26)19-11-24-21-10-20-22-24/h3-10,22H,11H2,1-2H3,(H,19,26)(H,20,21). The number of anilines is 1. The Labute approximate surface area is 182 Å². The molecule has 0 spiro atoms. The smallest absolute Gasteiger partial charge is 0.293 e. The van der Waals surface area contributed by atoms with Crippen LogP contribution in [-0.2, 0) is 9.84 Å². The molecule has 1 aliphatic heterocycles. The van der Waals surface area contributed by atoms with E-state index in [0.717, 1.165) is 11.2 Å². The molecule has 1 aliphatic rings. The molecule has 0 bridgehead atoms. The fourth-order valence-corrected chi connectivity index (χ4v) is 3.54. The van der Waals surface area contributed by atoms with Crippen molar-refractivity contribution in [3.8, 4) is 0 Å². The van der Waals surface area contributed by atoms with Gasteiger partial charge in [-0.05, 0) is 30.3 Å². The Balaban J connectivity index is 1.92. The summed E-state index contributed by atoms with van der Waals surface area (Å²) in [5, 5.41) is 19.2. The Morgan fingerprint density at radius 3 is 2.47 bits per heavy atom. The number of amides is 2. The van der Waals surface area contributed by atoms with Crippen molar-refractivity contribution in [1.29, 1.82) is 0 Å². The van der Waals surface area contributed by atoms with Crippen molar-refractivity contribution in [3.63, 3.8) is 0 Å². The van der Waals surface area contributed by atoms with E-state index < -0.39 is 32.3 Å². The second-order valence-corrected chi connectivity index (χ2v) is 8.69. The summed E-state index contributed by atoms with van der Waals surface area (Å²) in [6.07, 6.45) is 2.39. The lowest BCUT2D eigenvalue weighted by Crippen LogP contribution is -2.47. The molecule has 0 unspecified atom stereocenters. The number of nitro benzene ring substituents is 1. The van der Waals surface area contributed by atoms with Gasteiger partial charge < -0.3 is 10.2 Å². The minimum Gasteiger partial charge on any atom is -0.335 e. The second-order valence-electron chi connectivity index (χ2n) is 6.67. The quantitative estimate of drug-likeness (QED) is 0.386. The number of nitrogens with one attached hydrogen (secondary N) is 3. The Bertz CT molecular complexity index is 1190. The van der Waals surface area contributed by atoms with E-state index in [1.54, 1.807) is 0 Å². The fourth-order valence-electron chi connectivity index (χ4n) is 2.91. The van der Waals surface area contributed by atoms with Crippen LogP contribution in [0.5, 0.6) is 0 Å². The maximum Gasteiger partial charge on any atom is 0.293 e. The van der Waals surface area contributed by atoms with Gasteiger partial charge in [-0.25, -0.2) is 14.0 Å². The van der Waals surface area contributed by atoms with Gasteiger partial charge in [-0.2, -0.15) is 5.10 Å². The third kappa shape index (κ3) is 4.81. The number of carbonyl (C=O) groups is 2. The zero-order valence-electron chi connectivity index (χ0n) is 17.0. The minimum atomic E-state index is -3.46. The number of benzene rings is 2. The summed E-state index contributed by atoms with van der Waals surface area (Å²) in [7, 11) is -2.16. The van der Waals surface area contributed by atoms with Crippen molar-refractivity contribution >= 4 is 39.4 Å². The Hall–Kier alpha value is -4.04. The fraction of sp³-hybridized carbons (Fsp3) is 0.167. The van der Waals surface area contributed by atoms with E-state index in [4.69, 9.17) is 0 Å². The normalized spacial score (nSPS) is 13.2. The van der Waals surface area contributed by atoms with E-state index in [2.05, 4.69) is 21.4 Å². The first-order chi connectivity index (χ1) is 15.1. The molecule has 0 aliphatic carbocycles. The van der Waals surface area contributed by atoms with Crippen LogP contribution in [0.3, 0.4) is 0 Å². The summed E-state index contributed by atoms with van der Waals surface area (Å²) in [6.45, 7) is -0.0361. The molecule has 0 atom stereocenters. The van der Waals surface area contributed by atoms with Crippen LogP contribution in [0, 0.1) is 10.1 Å². The van der Waals surface area contributed by atoms with Crippen molar-refractivity contribution in [3.05, 3.63) is 63.7 Å². The van der Waals surface area contributed by atoms with Crippen LogP contribution in [0.1, 0.15) is 20.7 Å². The van der Waals surface area contributed by atoms with Gasteiger partial charge in [0.15, 0.2) is 9.84 Å². The maximum absolute atomic E-state index is 13.0. The summed E-state index contributed by atoms with van der Waals surface area (Å²) >= 11 is 0. The van der Waals surface area contributed by atoms with Crippen LogP contribution in [0.25, 0.3) is 0 Å². The molecule has 32 heavy (non-hydrogen) atoms. The minimum absolute atomic E-state index is 0.0237. The third-order valence-corrected chi connectivity index (χ3v) is 5.61. The summed E-state index contributed by atoms with van der Waals surface area (Å²) < 4.78 is 23.3. The molecule has 14 heteroatoms. The summed E-state index contributed by atoms with van der Waals surface area (Å²) in [4.78, 5) is 37.7. The number of rotatable bonds is 7. The topological polar surface area (TPSA) is 166 Å². The molecule has 3 N–H and O–H groups in total. The van der Waals surface area contributed by atoms with Crippen LogP contribution in [0.2, 0.25) is 0 Å². The van der Waals surface area contributed by atoms with Gasteiger partial charge in [0.25, 0.3) is 17.5 Å². The second kappa shape index (κ2) is 8.99. The molecule has 2 aromatic carbocycles. The first-order valence-electron chi connectivity index (χ1n) is 9.04. The number of hydrazine groups is 2. The number of para-hydroxylation sites is 1. The van der Waals surface area contributed by atoms with Crippen LogP contribution < -0.4 is 21.2 Å². The number of carbonyl (C=O) groups excluding carboxylic acids is 2. The molecule has 0 saturated carbocycles. The van der Waals surface area contributed by atoms with E-state index in [9.17, 15) is 28.1 Å². The molecule has 0 fully saturated rings. The highest BCUT2D eigenvalue weighted by Crippen LogP contribution is 2.32. The van der Waals surface area contributed by atoms with Crippen molar-refractivity contribution in [2.45, 2.75) is 4.90 Å². The summed E-state index contributed by atoms with van der Waals surface area (Å²) in [5.41, 5.74) is 4.58. The van der Waals surface area contributed by atoms with Crippen molar-refractivity contribution < 1.29 is 22.9 Å². The van der Waals surface area contributed by atoms with Gasteiger partial charge >= 0.3 is 0 Å². The molecule has 0 aromatic heterocycles. The highest BCUT2D eigenvalue weighted by Gasteiger charge is 2.28. The molecule has 1 heterocycles. The van der Waals surface area contributed by atoms with Crippen LogP contribution in [0.15, 0.2) is 52.5 Å². The zero-order valence-corrected chi connectivity index (χ0v) is 17.8. The monoisotopic (exact) mass is 461 g/mol. The molecular formula is C18H19N7O6S. The largest absolute Gasteiger partial charge is 0.335 e. The zero-order chi connectivity index (χ0) is 23.5. The van der Waals surface area contributed by atoms with Crippen molar-refractivity contribution in [2.75, 3.05) is 24.9 Å². The van der Waals surface area contributed by atoms with Crippen LogP contribution in [0.4, 0.5) is 11.4 Å². The number of sulfone groups is 1. The van der Waals surface area contributed by atoms with Crippen LogP contribution >= 0.6 is 0 Å². The molecule has 168 valence electrons. The molecule has 0 saturated heterocycles. The number of nitro groups is 1. The lowest BCUT2D eigenvalue weighted by atomic mass is 10.1. The maximum atomic E-state index is 13.0. The number of hydrogen-bond donors (Lipinski definition) is 3. The lowest BCUT2D eigenvalue weighted by Gasteiger charge is -2.21. The molecule has 3 rings (SSSR count). The molecule has 2 amide bonds. The predicted molar refractivity (Wildman–Crippen MR) is 114 cm³/mol. The average Bonchev–Trinajstić information content (AvgIpc) is 3.29. The van der Waals surface area contributed by atoms with Gasteiger partial charge in [0, 0.05) is 24.9 Å². The van der Waals surface area contributed by atoms with Gasteiger partial charge in [-0.3, -0.25) is 25.1 Å². The lowest BCUT2D eigenvalue weighted by molar-refractivity contribution is -0.384. The predicted octanol–water partition coefficient (Wildman–Crippen LogP) is 0.230. The van der Waals surface area contributed by atoms with Crippen LogP contribution in [-0.4, -0.2) is 56.6 Å². The van der Waals surface area contributed by atoms with E-state index in [0.29, 0.717) is 0 Å². The van der Waals surface area contributed by atoms with E-state index in [1.807, 2.05) is 0 Å². The van der Waals surface area contributed by atoms with E-state index in [-0.39, 0.29) is 28.4 Å². The number of hydrogen-bond acceptors (Lipinski definition) is 10. The highest BCUT2D eigenvalue weighted by molar-refractivity contribution is 7.90. The first-order valence-corrected chi connectivity index (χ1v) is 10.9. The molecule has 0 radical (unpaired) electrons. The molecular weight excluding hydrogens is 442 g/mol. The molecule has 13 nitrogen and oxygen atoms in total. The van der Waals surface area contributed by atoms with E-state index >= 15 is 0 Å². The Kier molecular flexibility index (Phi) is 6.36. The van der Waals surface area contributed by atoms with Gasteiger partial charge in [0.1, 0.15) is 18.7 Å². The van der Waals surface area contributed by atoms with Gasteiger partial charge in [-0.15, -0.1) is 0 Å². The van der Waals surface area contributed by atoms with Crippen molar-refractivity contribution in [2.24, 2.45) is 5.10 Å². The SMILES string of the molecule is CN(C(=O)c1ccc(S(C)(=O)=O)cc1)c1c(C(=O)NCN2NC=NN2)cccc1[N+](=O)[O-]. The van der Waals surface area contributed by atoms with Gasteiger partial charge in [0.2, 0.25) is 0 Å². The summed E-state index contributed by atoms with van der Waals surface area (Å²) in [5.74, 6) is -1.32. The summed E-state index contributed by atoms with van der Waals surface area (Å²) in [6, 6.07) is 9.01. The Morgan fingerprint density at radius 1 is 1.22 bits per heavy atom. The van der Waals surface area contributed by atoms with Gasteiger partial charge in [-0.1, -0.05) is 11.2 Å². The van der Waals surface area contributed by atoms with Crippen molar-refractivity contribution in [1.82, 2.24) is 21.4 Å². The number of nitrogens with zero attached hydrogens (tertiary/aromatic N) is 4. The third-order valence-electron chi connectivity index (χ3n) is 4.48. The van der Waals surface area contributed by atoms with E-state index in [1.165, 1.54) is 61.0 Å². The average molecular weight is 461 g/mol. The Morgan fingerprint density at radius 2 is 1.91 bits per heavy atom. The highest BCUT2D eigenvalue weighted by atomic mass is 32.2.